The maximum Gasteiger partial charge on any atom is 0.0964 e. The van der Waals surface area contributed by atoms with Crippen molar-refractivity contribution in [3.05, 3.63) is 122 Å². The summed E-state index contributed by atoms with van der Waals surface area (Å²) in [5, 5.41) is 4.29. The summed E-state index contributed by atoms with van der Waals surface area (Å²) in [6, 6.07) is 28.1. The summed E-state index contributed by atoms with van der Waals surface area (Å²) >= 11 is 0. The van der Waals surface area contributed by atoms with Crippen LogP contribution in [0.25, 0.3) is 21.8 Å². The molecular weight excluding hydrogens is 382 g/mol. The van der Waals surface area contributed by atoms with E-state index in [2.05, 4.69) is 62.9 Å². The molecule has 5 heteroatoms. The number of anilines is 1. The van der Waals surface area contributed by atoms with Crippen LogP contribution >= 0.6 is 0 Å². The van der Waals surface area contributed by atoms with E-state index in [4.69, 9.17) is 0 Å². The van der Waals surface area contributed by atoms with Gasteiger partial charge in [-0.25, -0.2) is 5.43 Å². The summed E-state index contributed by atoms with van der Waals surface area (Å²) in [6.45, 7) is 0.925. The molecule has 0 saturated heterocycles. The first kappa shape index (κ1) is 20.2. The maximum atomic E-state index is 4.35. The van der Waals surface area contributed by atoms with Crippen LogP contribution < -0.4 is 10.4 Å². The van der Waals surface area contributed by atoms with Gasteiger partial charge in [-0.1, -0.05) is 54.6 Å². The zero-order valence-corrected chi connectivity index (χ0v) is 17.0. The van der Waals surface area contributed by atoms with E-state index < -0.39 is 0 Å². The standard InChI is InChI=1S/C12H8N2.C9H10N2.C5H5N/c1-3-9-5-6-10-4-2-8-14-12(10)11(9)13-7-1;1-2-5-9(6-3-1)11-8-4-7-10-11;1-2-4-6-5-3-1/h1-8H;1-6,8,10H,7H2;1-5H. The van der Waals surface area contributed by atoms with Gasteiger partial charge in [-0.2, -0.15) is 0 Å². The molecule has 0 radical (unpaired) electrons. The summed E-state index contributed by atoms with van der Waals surface area (Å²) in [4.78, 5) is 12.5. The number of fused-ring (bicyclic) bond motifs is 3. The van der Waals surface area contributed by atoms with Crippen LogP contribution in [-0.4, -0.2) is 21.5 Å². The summed E-state index contributed by atoms with van der Waals surface area (Å²) in [7, 11) is 0. The molecule has 152 valence electrons. The summed E-state index contributed by atoms with van der Waals surface area (Å²) in [5.41, 5.74) is 6.33. The lowest BCUT2D eigenvalue weighted by molar-refractivity contribution is 0.814. The number of para-hydroxylation sites is 1. The highest BCUT2D eigenvalue weighted by atomic mass is 15.5. The van der Waals surface area contributed by atoms with Crippen molar-refractivity contribution in [1.29, 1.82) is 0 Å². The molecule has 5 aromatic rings. The Morgan fingerprint density at radius 2 is 1.23 bits per heavy atom. The molecule has 31 heavy (non-hydrogen) atoms. The second-order valence-electron chi connectivity index (χ2n) is 6.69. The largest absolute Gasteiger partial charge is 0.284 e. The van der Waals surface area contributed by atoms with Crippen molar-refractivity contribution in [1.82, 2.24) is 20.4 Å². The van der Waals surface area contributed by atoms with Crippen molar-refractivity contribution >= 4 is 27.5 Å². The fourth-order valence-corrected chi connectivity index (χ4v) is 3.12. The second-order valence-corrected chi connectivity index (χ2v) is 6.69. The summed E-state index contributed by atoms with van der Waals surface area (Å²) in [6.07, 6.45) is 11.2. The molecule has 5 nitrogen and oxygen atoms in total. The Balaban J connectivity index is 0.000000121. The molecular formula is C26H23N5. The molecule has 0 bridgehead atoms. The van der Waals surface area contributed by atoms with E-state index in [1.807, 2.05) is 59.7 Å². The van der Waals surface area contributed by atoms with Crippen LogP contribution in [0.5, 0.6) is 0 Å². The predicted octanol–water partition coefficient (Wildman–Crippen LogP) is 5.39. The molecule has 1 aliphatic rings. The van der Waals surface area contributed by atoms with Crippen LogP contribution in [0.3, 0.4) is 0 Å². The quantitative estimate of drug-likeness (QED) is 0.379. The molecule has 0 aliphatic carbocycles. The van der Waals surface area contributed by atoms with Gasteiger partial charge in [0.05, 0.1) is 16.7 Å². The van der Waals surface area contributed by atoms with E-state index in [0.29, 0.717) is 0 Å². The molecule has 1 aliphatic heterocycles. The van der Waals surface area contributed by atoms with Crippen LogP contribution in [0.1, 0.15) is 0 Å². The van der Waals surface area contributed by atoms with Crippen LogP contribution in [0.4, 0.5) is 5.69 Å². The smallest absolute Gasteiger partial charge is 0.0964 e. The van der Waals surface area contributed by atoms with Crippen LogP contribution in [0.15, 0.2) is 122 Å². The molecule has 2 aromatic carbocycles. The van der Waals surface area contributed by atoms with E-state index >= 15 is 0 Å². The number of hydrogen-bond acceptors (Lipinski definition) is 5. The van der Waals surface area contributed by atoms with Gasteiger partial charge in [-0.3, -0.25) is 20.0 Å². The molecule has 4 heterocycles. The Hall–Kier alpha value is -4.09. The molecule has 3 aromatic heterocycles. The Bertz CT molecular complexity index is 1160. The fourth-order valence-electron chi connectivity index (χ4n) is 3.12. The van der Waals surface area contributed by atoms with Gasteiger partial charge in [0.2, 0.25) is 0 Å². The third kappa shape index (κ3) is 5.50. The highest BCUT2D eigenvalue weighted by Crippen LogP contribution is 2.20. The SMILES string of the molecule is C1=CN(c2ccccc2)NC1.c1ccncc1.c1cnc2c(c1)ccc1cccnc12. The number of rotatable bonds is 1. The Morgan fingerprint density at radius 3 is 1.71 bits per heavy atom. The molecule has 6 rings (SSSR count). The van der Waals surface area contributed by atoms with Crippen molar-refractivity contribution in [3.8, 4) is 0 Å². The van der Waals surface area contributed by atoms with Gasteiger partial charge >= 0.3 is 0 Å². The van der Waals surface area contributed by atoms with Crippen molar-refractivity contribution in [2.24, 2.45) is 0 Å². The third-order valence-corrected chi connectivity index (χ3v) is 4.58. The predicted molar refractivity (Wildman–Crippen MR) is 127 cm³/mol. The van der Waals surface area contributed by atoms with Gasteiger partial charge in [-0.05, 0) is 36.4 Å². The lowest BCUT2D eigenvalue weighted by atomic mass is 10.1. The van der Waals surface area contributed by atoms with E-state index in [1.165, 1.54) is 5.69 Å². The van der Waals surface area contributed by atoms with E-state index in [1.54, 1.807) is 24.8 Å². The minimum Gasteiger partial charge on any atom is -0.284 e. The number of pyridine rings is 3. The number of aromatic nitrogens is 3. The molecule has 0 atom stereocenters. The van der Waals surface area contributed by atoms with Gasteiger partial charge in [0.1, 0.15) is 0 Å². The second kappa shape index (κ2) is 10.6. The number of benzene rings is 2. The van der Waals surface area contributed by atoms with Crippen LogP contribution in [0.2, 0.25) is 0 Å². The minimum absolute atomic E-state index is 0.925. The summed E-state index contributed by atoms with van der Waals surface area (Å²) in [5.74, 6) is 0. The Morgan fingerprint density at radius 1 is 0.613 bits per heavy atom. The lowest BCUT2D eigenvalue weighted by Gasteiger charge is -2.15. The highest BCUT2D eigenvalue weighted by Gasteiger charge is 2.03. The molecule has 1 N–H and O–H groups in total. The fraction of sp³-hybridized carbons (Fsp3) is 0.0385. The zero-order chi connectivity index (χ0) is 21.1. The highest BCUT2D eigenvalue weighted by molar-refractivity contribution is 6.02. The number of hydrazine groups is 1. The lowest BCUT2D eigenvalue weighted by Crippen LogP contribution is -2.27. The van der Waals surface area contributed by atoms with Crippen molar-refractivity contribution in [2.45, 2.75) is 0 Å². The first-order valence-electron chi connectivity index (χ1n) is 10.1. The Kier molecular flexibility index (Phi) is 6.92. The number of nitrogens with zero attached hydrogens (tertiary/aromatic N) is 4. The van der Waals surface area contributed by atoms with Crippen LogP contribution in [-0.2, 0) is 0 Å². The number of hydrogen-bond donors (Lipinski definition) is 1. The van der Waals surface area contributed by atoms with E-state index in [0.717, 1.165) is 28.4 Å². The normalized spacial score (nSPS) is 12.1. The number of nitrogens with one attached hydrogen (secondary N) is 1. The van der Waals surface area contributed by atoms with Gasteiger partial charge in [0, 0.05) is 48.3 Å². The molecule has 0 fully saturated rings. The topological polar surface area (TPSA) is 53.9 Å². The van der Waals surface area contributed by atoms with Gasteiger partial charge in [-0.15, -0.1) is 0 Å². The van der Waals surface area contributed by atoms with Crippen molar-refractivity contribution in [2.75, 3.05) is 11.6 Å². The molecule has 0 amide bonds. The Labute approximate surface area is 181 Å². The van der Waals surface area contributed by atoms with Crippen molar-refractivity contribution < 1.29 is 0 Å². The van der Waals surface area contributed by atoms with Crippen molar-refractivity contribution in [3.63, 3.8) is 0 Å². The monoisotopic (exact) mass is 405 g/mol. The van der Waals surface area contributed by atoms with Gasteiger partial charge in [0.25, 0.3) is 0 Å². The van der Waals surface area contributed by atoms with Crippen LogP contribution in [0, 0.1) is 0 Å². The first-order valence-corrected chi connectivity index (χ1v) is 10.1. The minimum atomic E-state index is 0.925. The maximum absolute atomic E-state index is 4.35. The average molecular weight is 406 g/mol. The van der Waals surface area contributed by atoms with E-state index in [9.17, 15) is 0 Å². The first-order chi connectivity index (χ1) is 15.4. The molecule has 0 unspecified atom stereocenters. The molecule has 0 saturated carbocycles. The van der Waals surface area contributed by atoms with Gasteiger partial charge < -0.3 is 0 Å². The van der Waals surface area contributed by atoms with Gasteiger partial charge in [0.15, 0.2) is 0 Å². The average Bonchev–Trinajstić information content (AvgIpc) is 3.42. The molecule has 0 spiro atoms. The summed E-state index contributed by atoms with van der Waals surface area (Å²) < 4.78 is 0. The third-order valence-electron chi connectivity index (χ3n) is 4.58. The van der Waals surface area contributed by atoms with E-state index in [-0.39, 0.29) is 0 Å². The zero-order valence-electron chi connectivity index (χ0n) is 17.0.